The third kappa shape index (κ3) is 2.24. The van der Waals surface area contributed by atoms with Crippen molar-refractivity contribution in [2.45, 2.75) is 18.7 Å². The minimum atomic E-state index is 0.0402. The van der Waals surface area contributed by atoms with E-state index in [-0.39, 0.29) is 5.38 Å². The van der Waals surface area contributed by atoms with Crippen molar-refractivity contribution in [1.82, 2.24) is 0 Å². The Bertz CT molecular complexity index is 365. The van der Waals surface area contributed by atoms with E-state index in [9.17, 15) is 0 Å². The zero-order valence-corrected chi connectivity index (χ0v) is 10.3. The van der Waals surface area contributed by atoms with Crippen molar-refractivity contribution >= 4 is 23.2 Å². The quantitative estimate of drug-likeness (QED) is 0.722. The Kier molecular flexibility index (Phi) is 3.13. The van der Waals surface area contributed by atoms with Gasteiger partial charge in [-0.25, -0.2) is 0 Å². The molecule has 0 amide bonds. The molecule has 1 aromatic rings. The molecule has 0 heterocycles. The van der Waals surface area contributed by atoms with Gasteiger partial charge in [0.2, 0.25) is 0 Å². The standard InChI is InChI=1S/C12H14Cl2O/c1-7-5-10(7)12(14)9-4-3-8(15-2)6-11(9)13/h3-4,6-7,10,12H,5H2,1-2H3. The third-order valence-electron chi connectivity index (χ3n) is 3.05. The van der Waals surface area contributed by atoms with Gasteiger partial charge in [-0.2, -0.15) is 0 Å². The van der Waals surface area contributed by atoms with Crippen LogP contribution in [0.1, 0.15) is 24.3 Å². The van der Waals surface area contributed by atoms with Crippen molar-refractivity contribution in [3.8, 4) is 5.75 Å². The summed E-state index contributed by atoms with van der Waals surface area (Å²) in [5.41, 5.74) is 1.02. The van der Waals surface area contributed by atoms with Gasteiger partial charge in [-0.1, -0.05) is 24.6 Å². The topological polar surface area (TPSA) is 9.23 Å². The summed E-state index contributed by atoms with van der Waals surface area (Å²) in [5, 5.41) is 0.742. The van der Waals surface area contributed by atoms with E-state index in [0.29, 0.717) is 10.9 Å². The number of benzene rings is 1. The number of alkyl halides is 1. The van der Waals surface area contributed by atoms with Crippen LogP contribution in [0.25, 0.3) is 0 Å². The maximum absolute atomic E-state index is 6.37. The Morgan fingerprint density at radius 2 is 2.13 bits per heavy atom. The smallest absolute Gasteiger partial charge is 0.120 e. The second kappa shape index (κ2) is 4.23. The van der Waals surface area contributed by atoms with Gasteiger partial charge in [-0.3, -0.25) is 0 Å². The fourth-order valence-electron chi connectivity index (χ4n) is 1.85. The molecule has 1 fully saturated rings. The predicted octanol–water partition coefficient (Wildman–Crippen LogP) is 4.28. The average molecular weight is 245 g/mol. The number of halogens is 2. The van der Waals surface area contributed by atoms with Gasteiger partial charge in [0, 0.05) is 5.02 Å². The average Bonchev–Trinajstić information content (AvgIpc) is 2.94. The summed E-state index contributed by atoms with van der Waals surface area (Å²) in [5.74, 6) is 2.08. The van der Waals surface area contributed by atoms with Gasteiger partial charge in [0.1, 0.15) is 5.75 Å². The molecule has 0 spiro atoms. The molecule has 0 aromatic heterocycles. The molecule has 0 N–H and O–H groups in total. The van der Waals surface area contributed by atoms with Gasteiger partial charge in [-0.15, -0.1) is 11.6 Å². The van der Waals surface area contributed by atoms with Crippen LogP contribution < -0.4 is 4.74 Å². The van der Waals surface area contributed by atoms with E-state index >= 15 is 0 Å². The highest BCUT2D eigenvalue weighted by Gasteiger charge is 2.39. The van der Waals surface area contributed by atoms with Crippen LogP contribution in [0.15, 0.2) is 18.2 Å². The molecule has 1 saturated carbocycles. The van der Waals surface area contributed by atoms with Crippen molar-refractivity contribution in [3.63, 3.8) is 0 Å². The second-order valence-electron chi connectivity index (χ2n) is 4.17. The molecule has 82 valence electrons. The molecule has 3 unspecified atom stereocenters. The van der Waals surface area contributed by atoms with Gasteiger partial charge >= 0.3 is 0 Å². The Labute approximate surface area is 100 Å². The number of hydrogen-bond donors (Lipinski definition) is 0. The molecule has 1 nitrogen and oxygen atoms in total. The van der Waals surface area contributed by atoms with Crippen LogP contribution in [0.3, 0.4) is 0 Å². The van der Waals surface area contributed by atoms with Gasteiger partial charge < -0.3 is 4.74 Å². The first-order chi connectivity index (χ1) is 7.13. The lowest BCUT2D eigenvalue weighted by Gasteiger charge is -2.12. The summed E-state index contributed by atoms with van der Waals surface area (Å²) in [7, 11) is 1.63. The van der Waals surface area contributed by atoms with Crippen molar-refractivity contribution in [1.29, 1.82) is 0 Å². The Morgan fingerprint density at radius 1 is 1.47 bits per heavy atom. The van der Waals surface area contributed by atoms with E-state index in [2.05, 4.69) is 6.92 Å². The van der Waals surface area contributed by atoms with Gasteiger partial charge in [-0.05, 0) is 36.0 Å². The lowest BCUT2D eigenvalue weighted by Crippen LogP contribution is -1.96. The lowest BCUT2D eigenvalue weighted by molar-refractivity contribution is 0.414. The molecule has 0 aliphatic heterocycles. The highest BCUT2D eigenvalue weighted by atomic mass is 35.5. The Hall–Kier alpha value is -0.400. The van der Waals surface area contributed by atoms with Crippen LogP contribution in [-0.2, 0) is 0 Å². The third-order valence-corrected chi connectivity index (χ3v) is 3.94. The fourth-order valence-corrected chi connectivity index (χ4v) is 2.73. The molecule has 1 aromatic carbocycles. The van der Waals surface area contributed by atoms with Gasteiger partial charge in [0.05, 0.1) is 12.5 Å². The molecular weight excluding hydrogens is 231 g/mol. The van der Waals surface area contributed by atoms with Crippen LogP contribution >= 0.6 is 23.2 Å². The summed E-state index contributed by atoms with van der Waals surface area (Å²) in [4.78, 5) is 0. The maximum Gasteiger partial charge on any atom is 0.120 e. The first-order valence-corrected chi connectivity index (χ1v) is 5.92. The van der Waals surface area contributed by atoms with Gasteiger partial charge in [0.15, 0.2) is 0 Å². The van der Waals surface area contributed by atoms with E-state index in [0.717, 1.165) is 17.2 Å². The molecule has 3 atom stereocenters. The normalized spacial score (nSPS) is 26.1. The van der Waals surface area contributed by atoms with Crippen molar-refractivity contribution < 1.29 is 4.74 Å². The summed E-state index contributed by atoms with van der Waals surface area (Å²) < 4.78 is 5.10. The van der Waals surface area contributed by atoms with E-state index in [1.165, 1.54) is 6.42 Å². The monoisotopic (exact) mass is 244 g/mol. The zero-order chi connectivity index (χ0) is 11.0. The fraction of sp³-hybridized carbons (Fsp3) is 0.500. The summed E-state index contributed by atoms with van der Waals surface area (Å²) in [6.07, 6.45) is 1.20. The summed E-state index contributed by atoms with van der Waals surface area (Å²) in [6.45, 7) is 2.22. The highest BCUT2D eigenvalue weighted by molar-refractivity contribution is 6.33. The highest BCUT2D eigenvalue weighted by Crippen LogP contribution is 2.51. The molecule has 3 heteroatoms. The predicted molar refractivity (Wildman–Crippen MR) is 63.9 cm³/mol. The van der Waals surface area contributed by atoms with E-state index in [1.807, 2.05) is 18.2 Å². The maximum atomic E-state index is 6.37. The number of methoxy groups -OCH3 is 1. The van der Waals surface area contributed by atoms with Crippen molar-refractivity contribution in [2.75, 3.05) is 7.11 Å². The molecule has 2 rings (SSSR count). The molecule has 15 heavy (non-hydrogen) atoms. The first kappa shape index (κ1) is 11.1. The summed E-state index contributed by atoms with van der Waals surface area (Å²) in [6, 6.07) is 5.69. The van der Waals surface area contributed by atoms with E-state index in [1.54, 1.807) is 7.11 Å². The number of ether oxygens (including phenoxy) is 1. The minimum Gasteiger partial charge on any atom is -0.497 e. The van der Waals surface area contributed by atoms with E-state index < -0.39 is 0 Å². The zero-order valence-electron chi connectivity index (χ0n) is 8.84. The van der Waals surface area contributed by atoms with Crippen LogP contribution in [0.4, 0.5) is 0 Å². The first-order valence-electron chi connectivity index (χ1n) is 5.11. The molecule has 0 saturated heterocycles. The number of hydrogen-bond acceptors (Lipinski definition) is 1. The van der Waals surface area contributed by atoms with Gasteiger partial charge in [0.25, 0.3) is 0 Å². The molecule has 0 bridgehead atoms. The minimum absolute atomic E-state index is 0.0402. The largest absolute Gasteiger partial charge is 0.497 e. The lowest BCUT2D eigenvalue weighted by atomic mass is 10.1. The Morgan fingerprint density at radius 3 is 2.60 bits per heavy atom. The summed E-state index contributed by atoms with van der Waals surface area (Å²) >= 11 is 12.5. The molecule has 0 radical (unpaired) electrons. The van der Waals surface area contributed by atoms with Crippen molar-refractivity contribution in [3.05, 3.63) is 28.8 Å². The van der Waals surface area contributed by atoms with Crippen LogP contribution in [0.5, 0.6) is 5.75 Å². The van der Waals surface area contributed by atoms with Crippen LogP contribution in [0, 0.1) is 11.8 Å². The van der Waals surface area contributed by atoms with Crippen molar-refractivity contribution in [2.24, 2.45) is 11.8 Å². The van der Waals surface area contributed by atoms with Crippen LogP contribution in [0.2, 0.25) is 5.02 Å². The SMILES string of the molecule is COc1ccc(C(Cl)C2CC2C)c(Cl)c1. The van der Waals surface area contributed by atoms with E-state index in [4.69, 9.17) is 27.9 Å². The Balaban J connectivity index is 2.21. The molecular formula is C12H14Cl2O. The van der Waals surface area contributed by atoms with Crippen LogP contribution in [-0.4, -0.2) is 7.11 Å². The second-order valence-corrected chi connectivity index (χ2v) is 5.04. The molecule has 1 aliphatic carbocycles. The molecule has 1 aliphatic rings. The number of rotatable bonds is 3.